The topological polar surface area (TPSA) is 58.3 Å². The first-order chi connectivity index (χ1) is 9.02. The Labute approximate surface area is 115 Å². The van der Waals surface area contributed by atoms with Crippen LogP contribution in [0.15, 0.2) is 0 Å². The molecule has 1 unspecified atom stereocenters. The molecule has 1 aliphatic heterocycles. The Kier molecular flexibility index (Phi) is 4.24. The molecule has 2 heterocycles. The number of aromatic nitrogens is 2. The second kappa shape index (κ2) is 5.74. The summed E-state index contributed by atoms with van der Waals surface area (Å²) >= 11 is 0. The minimum absolute atomic E-state index is 0.535. The zero-order valence-corrected chi connectivity index (χ0v) is 12.5. The minimum atomic E-state index is 0.535. The van der Waals surface area contributed by atoms with Crippen molar-refractivity contribution >= 4 is 11.6 Å². The summed E-state index contributed by atoms with van der Waals surface area (Å²) in [6.07, 6.45) is 3.27. The summed E-state index contributed by atoms with van der Waals surface area (Å²) < 4.78 is 0. The summed E-state index contributed by atoms with van der Waals surface area (Å²) in [5.41, 5.74) is 7.04. The van der Waals surface area contributed by atoms with Crippen molar-refractivity contribution in [3.63, 3.8) is 0 Å². The molecule has 0 aromatic carbocycles. The fraction of sp³-hybridized carbons (Fsp3) is 0.714. The van der Waals surface area contributed by atoms with Gasteiger partial charge in [0.1, 0.15) is 17.5 Å². The van der Waals surface area contributed by atoms with Gasteiger partial charge in [-0.25, -0.2) is 9.97 Å². The van der Waals surface area contributed by atoms with Gasteiger partial charge < -0.3 is 15.5 Å². The molecule has 5 nitrogen and oxygen atoms in total. The van der Waals surface area contributed by atoms with Crippen LogP contribution in [0.3, 0.4) is 0 Å². The molecule has 5 heteroatoms. The summed E-state index contributed by atoms with van der Waals surface area (Å²) in [7, 11) is 4.24. The van der Waals surface area contributed by atoms with Crippen molar-refractivity contribution in [2.45, 2.75) is 39.2 Å². The fourth-order valence-corrected chi connectivity index (χ4v) is 2.73. The SMILES string of the molecule is CCc1nc(N)c(C)c(N2CCCC2CN(C)C)n1. The molecule has 19 heavy (non-hydrogen) atoms. The Morgan fingerprint density at radius 1 is 1.37 bits per heavy atom. The van der Waals surface area contributed by atoms with Crippen LogP contribution in [-0.4, -0.2) is 48.1 Å². The second-order valence-electron chi connectivity index (χ2n) is 5.58. The maximum Gasteiger partial charge on any atom is 0.137 e. The van der Waals surface area contributed by atoms with Gasteiger partial charge in [0.05, 0.1) is 0 Å². The molecule has 1 aromatic rings. The molecule has 1 atom stereocenters. The quantitative estimate of drug-likeness (QED) is 0.891. The summed E-state index contributed by atoms with van der Waals surface area (Å²) in [6, 6.07) is 0.535. The number of hydrogen-bond donors (Lipinski definition) is 1. The highest BCUT2D eigenvalue weighted by Gasteiger charge is 2.28. The van der Waals surface area contributed by atoms with Gasteiger partial charge in [-0.1, -0.05) is 6.92 Å². The molecule has 2 N–H and O–H groups in total. The van der Waals surface area contributed by atoms with Crippen LogP contribution in [0, 0.1) is 6.92 Å². The maximum absolute atomic E-state index is 6.02. The third-order valence-electron chi connectivity index (χ3n) is 3.75. The van der Waals surface area contributed by atoms with Gasteiger partial charge in [-0.3, -0.25) is 0 Å². The highest BCUT2D eigenvalue weighted by molar-refractivity contribution is 5.57. The van der Waals surface area contributed by atoms with Crippen LogP contribution in [0.4, 0.5) is 11.6 Å². The lowest BCUT2D eigenvalue weighted by molar-refractivity contribution is 0.371. The Hall–Kier alpha value is -1.36. The van der Waals surface area contributed by atoms with Gasteiger partial charge in [-0.15, -0.1) is 0 Å². The molecular weight excluding hydrogens is 238 g/mol. The zero-order chi connectivity index (χ0) is 14.0. The number of nitrogens with zero attached hydrogens (tertiary/aromatic N) is 4. The monoisotopic (exact) mass is 263 g/mol. The van der Waals surface area contributed by atoms with E-state index in [1.807, 2.05) is 6.92 Å². The van der Waals surface area contributed by atoms with Crippen molar-refractivity contribution in [2.24, 2.45) is 0 Å². The minimum Gasteiger partial charge on any atom is -0.383 e. The molecule has 1 aromatic heterocycles. The normalized spacial score (nSPS) is 19.4. The molecular formula is C14H25N5. The van der Waals surface area contributed by atoms with E-state index in [4.69, 9.17) is 10.7 Å². The van der Waals surface area contributed by atoms with Crippen molar-refractivity contribution in [3.8, 4) is 0 Å². The number of anilines is 2. The fourth-order valence-electron chi connectivity index (χ4n) is 2.73. The molecule has 0 amide bonds. The second-order valence-corrected chi connectivity index (χ2v) is 5.58. The molecule has 106 valence electrons. The molecule has 0 aliphatic carbocycles. The average molecular weight is 263 g/mol. The van der Waals surface area contributed by atoms with E-state index in [1.54, 1.807) is 0 Å². The van der Waals surface area contributed by atoms with Crippen molar-refractivity contribution < 1.29 is 0 Å². The van der Waals surface area contributed by atoms with Gasteiger partial charge in [0.2, 0.25) is 0 Å². The molecule has 0 bridgehead atoms. The summed E-state index contributed by atoms with van der Waals surface area (Å²) in [4.78, 5) is 13.7. The van der Waals surface area contributed by atoms with E-state index in [1.165, 1.54) is 12.8 Å². The van der Waals surface area contributed by atoms with Crippen LogP contribution in [0.1, 0.15) is 31.2 Å². The van der Waals surface area contributed by atoms with Crippen LogP contribution < -0.4 is 10.6 Å². The van der Waals surface area contributed by atoms with Crippen molar-refractivity contribution in [3.05, 3.63) is 11.4 Å². The lowest BCUT2D eigenvalue weighted by Gasteiger charge is -2.29. The van der Waals surface area contributed by atoms with Gasteiger partial charge >= 0.3 is 0 Å². The molecule has 0 radical (unpaired) electrons. The lowest BCUT2D eigenvalue weighted by Crippen LogP contribution is -2.38. The molecule has 2 rings (SSSR count). The summed E-state index contributed by atoms with van der Waals surface area (Å²) in [6.45, 7) is 6.22. The van der Waals surface area contributed by atoms with E-state index in [-0.39, 0.29) is 0 Å². The van der Waals surface area contributed by atoms with Gasteiger partial charge in [-0.05, 0) is 33.9 Å². The maximum atomic E-state index is 6.02. The Morgan fingerprint density at radius 3 is 2.74 bits per heavy atom. The third kappa shape index (κ3) is 2.97. The van der Waals surface area contributed by atoms with E-state index in [2.05, 4.69) is 35.8 Å². The van der Waals surface area contributed by atoms with Crippen molar-refractivity contribution in [2.75, 3.05) is 37.8 Å². The number of likely N-dealkylation sites (N-methyl/N-ethyl adjacent to an activating group) is 1. The molecule has 0 saturated carbocycles. The standard InChI is InChI=1S/C14H25N5/c1-5-12-16-13(15)10(2)14(17-12)19-8-6-7-11(19)9-18(3)4/h11H,5-9H2,1-4H3,(H2,15,16,17). The lowest BCUT2D eigenvalue weighted by atomic mass is 10.2. The number of rotatable bonds is 4. The highest BCUT2D eigenvalue weighted by Crippen LogP contribution is 2.29. The third-order valence-corrected chi connectivity index (χ3v) is 3.75. The van der Waals surface area contributed by atoms with E-state index >= 15 is 0 Å². The van der Waals surface area contributed by atoms with Gasteiger partial charge in [0.25, 0.3) is 0 Å². The van der Waals surface area contributed by atoms with E-state index in [0.717, 1.165) is 36.7 Å². The van der Waals surface area contributed by atoms with Crippen LogP contribution in [0.2, 0.25) is 0 Å². The van der Waals surface area contributed by atoms with Crippen molar-refractivity contribution in [1.82, 2.24) is 14.9 Å². The van der Waals surface area contributed by atoms with Gasteiger partial charge in [0.15, 0.2) is 0 Å². The van der Waals surface area contributed by atoms with Crippen LogP contribution in [0.5, 0.6) is 0 Å². The largest absolute Gasteiger partial charge is 0.383 e. The number of nitrogens with two attached hydrogens (primary N) is 1. The molecule has 0 spiro atoms. The zero-order valence-electron chi connectivity index (χ0n) is 12.5. The number of hydrogen-bond acceptors (Lipinski definition) is 5. The van der Waals surface area contributed by atoms with E-state index in [0.29, 0.717) is 11.9 Å². The van der Waals surface area contributed by atoms with Gasteiger partial charge in [0, 0.05) is 31.1 Å². The summed E-state index contributed by atoms with van der Waals surface area (Å²) in [5.74, 6) is 2.50. The summed E-state index contributed by atoms with van der Waals surface area (Å²) in [5, 5.41) is 0. The first-order valence-corrected chi connectivity index (χ1v) is 7.07. The number of nitrogen functional groups attached to an aromatic ring is 1. The smallest absolute Gasteiger partial charge is 0.137 e. The van der Waals surface area contributed by atoms with E-state index in [9.17, 15) is 0 Å². The molecule has 1 aliphatic rings. The Balaban J connectivity index is 2.32. The highest BCUT2D eigenvalue weighted by atomic mass is 15.3. The predicted octanol–water partition coefficient (Wildman–Crippen LogP) is 1.46. The average Bonchev–Trinajstić information content (AvgIpc) is 2.79. The first-order valence-electron chi connectivity index (χ1n) is 7.07. The molecule has 1 fully saturated rings. The molecule has 1 saturated heterocycles. The Bertz CT molecular complexity index is 444. The van der Waals surface area contributed by atoms with Crippen molar-refractivity contribution in [1.29, 1.82) is 0 Å². The predicted molar refractivity (Wildman–Crippen MR) is 79.5 cm³/mol. The van der Waals surface area contributed by atoms with Crippen LogP contribution in [0.25, 0.3) is 0 Å². The van der Waals surface area contributed by atoms with Crippen LogP contribution in [-0.2, 0) is 6.42 Å². The van der Waals surface area contributed by atoms with Gasteiger partial charge in [-0.2, -0.15) is 0 Å². The number of aryl methyl sites for hydroxylation is 1. The van der Waals surface area contributed by atoms with Crippen LogP contribution >= 0.6 is 0 Å². The van der Waals surface area contributed by atoms with E-state index < -0.39 is 0 Å². The first kappa shape index (κ1) is 14.1. The Morgan fingerprint density at radius 2 is 2.11 bits per heavy atom.